The van der Waals surface area contributed by atoms with Gasteiger partial charge in [-0.05, 0) is 24.6 Å². The van der Waals surface area contributed by atoms with Crippen LogP contribution in [0.25, 0.3) is 0 Å². The molecule has 0 aliphatic rings. The molecule has 0 radical (unpaired) electrons. The highest BCUT2D eigenvalue weighted by Crippen LogP contribution is 2.21. The SMILES string of the molecule is CNC(=O)CN(C)S(=O)(=O)c1cccc(C(=O)O)c1C. The lowest BCUT2D eigenvalue weighted by molar-refractivity contribution is -0.120. The largest absolute Gasteiger partial charge is 0.478 e. The van der Waals surface area contributed by atoms with Crippen LogP contribution in [0.1, 0.15) is 15.9 Å². The molecule has 8 heteroatoms. The molecule has 1 amide bonds. The Balaban J connectivity index is 3.26. The van der Waals surface area contributed by atoms with Gasteiger partial charge >= 0.3 is 5.97 Å². The Kier molecular flexibility index (Phi) is 4.85. The second kappa shape index (κ2) is 6.02. The van der Waals surface area contributed by atoms with Gasteiger partial charge < -0.3 is 10.4 Å². The Morgan fingerprint density at radius 2 is 1.95 bits per heavy atom. The highest BCUT2D eigenvalue weighted by atomic mass is 32.2. The number of amides is 1. The summed E-state index contributed by atoms with van der Waals surface area (Å²) >= 11 is 0. The monoisotopic (exact) mass is 300 g/mol. The van der Waals surface area contributed by atoms with Crippen LogP contribution >= 0.6 is 0 Å². The molecule has 0 spiro atoms. The van der Waals surface area contributed by atoms with Crippen molar-refractivity contribution in [2.45, 2.75) is 11.8 Å². The number of nitrogens with one attached hydrogen (secondary N) is 1. The van der Waals surface area contributed by atoms with Gasteiger partial charge in [0.15, 0.2) is 0 Å². The number of rotatable bonds is 5. The predicted octanol–water partition coefficient (Wildman–Crippen LogP) is 0.0597. The van der Waals surface area contributed by atoms with E-state index in [1.54, 1.807) is 0 Å². The summed E-state index contributed by atoms with van der Waals surface area (Å²) in [5.41, 5.74) is 0.0585. The van der Waals surface area contributed by atoms with Gasteiger partial charge in [-0.3, -0.25) is 4.79 Å². The Morgan fingerprint density at radius 1 is 1.35 bits per heavy atom. The molecule has 0 saturated heterocycles. The highest BCUT2D eigenvalue weighted by molar-refractivity contribution is 7.89. The third-order valence-electron chi connectivity index (χ3n) is 2.85. The fourth-order valence-electron chi connectivity index (χ4n) is 1.66. The number of likely N-dealkylation sites (N-methyl/N-ethyl adjacent to an activating group) is 2. The Bertz CT molecular complexity index is 639. The normalized spacial score (nSPS) is 11.4. The summed E-state index contributed by atoms with van der Waals surface area (Å²) in [5, 5.41) is 11.3. The Morgan fingerprint density at radius 3 is 2.45 bits per heavy atom. The molecule has 0 heterocycles. The van der Waals surface area contributed by atoms with E-state index in [2.05, 4.69) is 5.32 Å². The number of carboxylic acids is 1. The van der Waals surface area contributed by atoms with Gasteiger partial charge in [-0.25, -0.2) is 13.2 Å². The number of aromatic carboxylic acids is 1. The van der Waals surface area contributed by atoms with Crippen LogP contribution < -0.4 is 5.32 Å². The molecule has 1 rings (SSSR count). The zero-order valence-electron chi connectivity index (χ0n) is 11.4. The van der Waals surface area contributed by atoms with Crippen molar-refractivity contribution in [3.63, 3.8) is 0 Å². The van der Waals surface area contributed by atoms with Crippen molar-refractivity contribution in [1.29, 1.82) is 0 Å². The zero-order chi connectivity index (χ0) is 15.5. The molecule has 1 aromatic rings. The summed E-state index contributed by atoms with van der Waals surface area (Å²) in [5.74, 6) is -1.66. The molecule has 0 fully saturated rings. The van der Waals surface area contributed by atoms with Crippen LogP contribution in [0.4, 0.5) is 0 Å². The van der Waals surface area contributed by atoms with Gasteiger partial charge in [-0.1, -0.05) is 6.07 Å². The standard InChI is InChI=1S/C12H16N2O5S/c1-8-9(12(16)17)5-4-6-10(8)20(18,19)14(3)7-11(15)13-2/h4-6H,7H2,1-3H3,(H,13,15)(H,16,17). The molecule has 7 nitrogen and oxygen atoms in total. The maximum absolute atomic E-state index is 12.3. The molecule has 0 aromatic heterocycles. The van der Waals surface area contributed by atoms with Crippen molar-refractivity contribution >= 4 is 21.9 Å². The minimum Gasteiger partial charge on any atom is -0.478 e. The van der Waals surface area contributed by atoms with Crippen molar-refractivity contribution in [2.24, 2.45) is 0 Å². The molecule has 0 aliphatic heterocycles. The summed E-state index contributed by atoms with van der Waals surface area (Å²) in [4.78, 5) is 22.1. The third-order valence-corrected chi connectivity index (χ3v) is 4.80. The average molecular weight is 300 g/mol. The summed E-state index contributed by atoms with van der Waals surface area (Å²) in [7, 11) is -1.26. The first kappa shape index (κ1) is 16.1. The number of benzene rings is 1. The van der Waals surface area contributed by atoms with Crippen LogP contribution in [-0.4, -0.2) is 50.3 Å². The number of carboxylic acid groups (broad SMARTS) is 1. The van der Waals surface area contributed by atoms with Crippen molar-refractivity contribution in [3.8, 4) is 0 Å². The van der Waals surface area contributed by atoms with Crippen LogP contribution in [0.15, 0.2) is 23.1 Å². The molecule has 0 atom stereocenters. The van der Waals surface area contributed by atoms with Crippen LogP contribution in [0.3, 0.4) is 0 Å². The van der Waals surface area contributed by atoms with Gasteiger partial charge in [0.1, 0.15) is 0 Å². The molecule has 2 N–H and O–H groups in total. The molecule has 0 saturated carbocycles. The van der Waals surface area contributed by atoms with Gasteiger partial charge in [0.2, 0.25) is 15.9 Å². The molecule has 0 unspecified atom stereocenters. The minimum atomic E-state index is -3.92. The second-order valence-corrected chi connectivity index (χ2v) is 6.18. The average Bonchev–Trinajstić information content (AvgIpc) is 2.37. The number of hydrogen-bond donors (Lipinski definition) is 2. The fourth-order valence-corrected chi connectivity index (χ4v) is 3.03. The smallest absolute Gasteiger partial charge is 0.335 e. The summed E-state index contributed by atoms with van der Waals surface area (Å²) in [6.07, 6.45) is 0. The molecule has 1 aromatic carbocycles. The van der Waals surface area contributed by atoms with Crippen molar-refractivity contribution in [3.05, 3.63) is 29.3 Å². The van der Waals surface area contributed by atoms with Gasteiger partial charge in [-0.2, -0.15) is 4.31 Å². The lowest BCUT2D eigenvalue weighted by Crippen LogP contribution is -2.37. The molecule has 110 valence electrons. The number of nitrogens with zero attached hydrogens (tertiary/aromatic N) is 1. The van der Waals surface area contributed by atoms with E-state index >= 15 is 0 Å². The summed E-state index contributed by atoms with van der Waals surface area (Å²) < 4.78 is 25.5. The van der Waals surface area contributed by atoms with Crippen molar-refractivity contribution in [1.82, 2.24) is 9.62 Å². The lowest BCUT2D eigenvalue weighted by Gasteiger charge is -2.18. The first-order valence-electron chi connectivity index (χ1n) is 5.71. The van der Waals surface area contributed by atoms with Crippen LogP contribution in [0, 0.1) is 6.92 Å². The van der Waals surface area contributed by atoms with Gasteiger partial charge in [0.05, 0.1) is 17.0 Å². The lowest BCUT2D eigenvalue weighted by atomic mass is 10.1. The predicted molar refractivity (Wildman–Crippen MR) is 72.0 cm³/mol. The maximum Gasteiger partial charge on any atom is 0.335 e. The van der Waals surface area contributed by atoms with Gasteiger partial charge in [-0.15, -0.1) is 0 Å². The van der Waals surface area contributed by atoms with E-state index in [-0.39, 0.29) is 22.6 Å². The number of carbonyl (C=O) groups excluding carboxylic acids is 1. The molecule has 0 bridgehead atoms. The van der Waals surface area contributed by atoms with Crippen molar-refractivity contribution in [2.75, 3.05) is 20.6 Å². The number of carbonyl (C=O) groups is 2. The van der Waals surface area contributed by atoms with Gasteiger partial charge in [0.25, 0.3) is 0 Å². The number of hydrogen-bond acceptors (Lipinski definition) is 4. The van der Waals surface area contributed by atoms with E-state index < -0.39 is 21.9 Å². The first-order valence-corrected chi connectivity index (χ1v) is 7.15. The second-order valence-electron chi connectivity index (χ2n) is 4.17. The molecular weight excluding hydrogens is 284 g/mol. The highest BCUT2D eigenvalue weighted by Gasteiger charge is 2.26. The van der Waals surface area contributed by atoms with Crippen molar-refractivity contribution < 1.29 is 23.1 Å². The fraction of sp³-hybridized carbons (Fsp3) is 0.333. The topological polar surface area (TPSA) is 104 Å². The summed E-state index contributed by atoms with van der Waals surface area (Å²) in [6, 6.07) is 4.00. The molecule has 0 aliphatic carbocycles. The van der Waals surface area contributed by atoms with Crippen LogP contribution in [0.2, 0.25) is 0 Å². The Hall–Kier alpha value is -1.93. The van der Waals surface area contributed by atoms with Gasteiger partial charge in [0, 0.05) is 14.1 Å². The number of sulfonamides is 1. The van der Waals surface area contributed by atoms with E-state index in [0.29, 0.717) is 0 Å². The molecular formula is C12H16N2O5S. The van der Waals surface area contributed by atoms with E-state index in [1.807, 2.05) is 0 Å². The van der Waals surface area contributed by atoms with E-state index in [1.165, 1.54) is 39.2 Å². The molecule has 20 heavy (non-hydrogen) atoms. The minimum absolute atomic E-state index is 0.0839. The van der Waals surface area contributed by atoms with Crippen LogP contribution in [-0.2, 0) is 14.8 Å². The summed E-state index contributed by atoms with van der Waals surface area (Å²) in [6.45, 7) is 1.08. The maximum atomic E-state index is 12.3. The first-order chi connectivity index (χ1) is 9.21. The van der Waals surface area contributed by atoms with Crippen LogP contribution in [0.5, 0.6) is 0 Å². The van der Waals surface area contributed by atoms with E-state index in [4.69, 9.17) is 5.11 Å². The van der Waals surface area contributed by atoms with E-state index in [0.717, 1.165) is 4.31 Å². The third kappa shape index (κ3) is 3.14. The quantitative estimate of drug-likeness (QED) is 0.800. The Labute approximate surface area is 117 Å². The zero-order valence-corrected chi connectivity index (χ0v) is 12.2. The van der Waals surface area contributed by atoms with E-state index in [9.17, 15) is 18.0 Å².